The summed E-state index contributed by atoms with van der Waals surface area (Å²) in [6, 6.07) is 32.0. The van der Waals surface area contributed by atoms with Gasteiger partial charge in [0.25, 0.3) is 6.47 Å². The van der Waals surface area contributed by atoms with Crippen molar-refractivity contribution in [2.45, 2.75) is 27.7 Å². The van der Waals surface area contributed by atoms with Crippen molar-refractivity contribution in [2.75, 3.05) is 21.7 Å². The molecule has 2 heterocycles. The summed E-state index contributed by atoms with van der Waals surface area (Å²) in [5, 5.41) is 18.2. The molecule has 0 spiro atoms. The molecule has 0 aliphatic rings. The van der Waals surface area contributed by atoms with Crippen molar-refractivity contribution in [1.29, 1.82) is 0 Å². The maximum absolute atomic E-state index is 8.64. The van der Waals surface area contributed by atoms with Crippen molar-refractivity contribution in [3.05, 3.63) is 135 Å². The minimum atomic E-state index is -0.181. The molecule has 5 N–H and O–H groups in total. The zero-order valence-electron chi connectivity index (χ0n) is 30.9. The van der Waals surface area contributed by atoms with E-state index in [1.807, 2.05) is 104 Å². The first-order valence-corrected chi connectivity index (χ1v) is 16.1. The third-order valence-corrected chi connectivity index (χ3v) is 6.74. The van der Waals surface area contributed by atoms with Crippen molar-refractivity contribution in [3.63, 3.8) is 0 Å². The predicted molar refractivity (Wildman–Crippen MR) is 202 cm³/mol. The monoisotopic (exact) mass is 826 g/mol. The number of hydrogen-bond acceptors (Lipinski definition) is 13. The molecule has 6 rings (SSSR count). The topological polar surface area (TPSA) is 189 Å². The number of carbonyl (C=O) groups is 1. The maximum atomic E-state index is 8.64. The maximum Gasteiger partial charge on any atom is 1.00 e. The Kier molecular flexibility index (Phi) is 24.3. The third-order valence-electron chi connectivity index (χ3n) is 6.23. The number of aryl methyl sites for hydroxylation is 4. The Morgan fingerprint density at radius 2 is 0.755 bits per heavy atom. The van der Waals surface area contributed by atoms with Crippen LogP contribution in [0.15, 0.2) is 97.1 Å². The van der Waals surface area contributed by atoms with Gasteiger partial charge in [0.05, 0.1) is 0 Å². The third kappa shape index (κ3) is 20.2. The van der Waals surface area contributed by atoms with Gasteiger partial charge in [0, 0.05) is 22.7 Å². The number of nitrogens with zero attached hydrogens (tertiary/aromatic N) is 6. The van der Waals surface area contributed by atoms with E-state index in [0.717, 1.165) is 22.7 Å². The van der Waals surface area contributed by atoms with Crippen LogP contribution in [-0.4, -0.2) is 36.4 Å². The number of anilines is 7. The molecule has 0 aliphatic carbocycles. The number of halogens is 3. The summed E-state index contributed by atoms with van der Waals surface area (Å²) in [5.41, 5.74) is 13.8. The largest absolute Gasteiger partial charge is 1.00 e. The van der Waals surface area contributed by atoms with E-state index in [1.165, 1.54) is 22.3 Å². The number of rotatable bonds is 7. The molecule has 0 unspecified atom stereocenters. The van der Waals surface area contributed by atoms with Crippen molar-refractivity contribution < 1.29 is 119 Å². The van der Waals surface area contributed by atoms with E-state index in [1.54, 1.807) is 0 Å². The van der Waals surface area contributed by atoms with Gasteiger partial charge in [-0.05, 0) is 111 Å². The van der Waals surface area contributed by atoms with Crippen LogP contribution in [0.5, 0.6) is 0 Å². The van der Waals surface area contributed by atoms with Crippen LogP contribution in [0.4, 0.5) is 40.6 Å². The number of hydrogen-bond donors (Lipinski definition) is 4. The van der Waals surface area contributed by atoms with Gasteiger partial charge >= 0.3 is 103 Å². The van der Waals surface area contributed by atoms with Gasteiger partial charge in [-0.25, -0.2) is 0 Å². The summed E-state index contributed by atoms with van der Waals surface area (Å²) in [7, 11) is 0. The minimum Gasteiger partial charge on any atom is -1.00 e. The Labute approximate surface area is 409 Å². The first kappa shape index (κ1) is 48.7. The Bertz CT molecular complexity index is 1740. The average Bonchev–Trinajstić information content (AvgIpc) is 3.09. The number of benzene rings is 4. The van der Waals surface area contributed by atoms with Gasteiger partial charge < -0.3 is 33.3 Å². The van der Waals surface area contributed by atoms with Crippen LogP contribution in [-0.2, 0) is 9.68 Å². The van der Waals surface area contributed by atoms with E-state index in [2.05, 4.69) is 71.5 Å². The number of nitrogens with two attached hydrogens (primary N) is 1. The number of nitrogens with one attached hydrogen (secondary N) is 3. The molecule has 0 amide bonds. The van der Waals surface area contributed by atoms with E-state index in [-0.39, 0.29) is 127 Å². The molecule has 0 bridgehead atoms. The molecule has 0 aliphatic heterocycles. The molecule has 0 fully saturated rings. The van der Waals surface area contributed by atoms with E-state index in [9.17, 15) is 0 Å². The number of carbonyl (C=O) groups excluding carboxylic acids is 1. The summed E-state index contributed by atoms with van der Waals surface area (Å²) >= 11 is 16.0. The van der Waals surface area contributed by atoms with Gasteiger partial charge in [-0.2, -0.15) is 29.9 Å². The smallest absolute Gasteiger partial charge is 1.00 e. The molecular weight excluding hydrogens is 793 g/mol. The van der Waals surface area contributed by atoms with E-state index in [4.69, 9.17) is 50.6 Å². The van der Waals surface area contributed by atoms with Gasteiger partial charge in [0.15, 0.2) is 0 Å². The molecule has 0 saturated carbocycles. The summed E-state index contributed by atoms with van der Waals surface area (Å²) in [4.78, 5) is 35.2. The van der Waals surface area contributed by atoms with Crippen molar-refractivity contribution in [1.82, 2.24) is 29.9 Å². The fourth-order valence-electron chi connectivity index (χ4n) is 3.71. The Morgan fingerprint density at radius 3 is 0.962 bits per heavy atom. The van der Waals surface area contributed by atoms with Crippen molar-refractivity contribution in [2.24, 2.45) is 0 Å². The van der Waals surface area contributed by atoms with Crippen molar-refractivity contribution >= 4 is 81.9 Å². The van der Waals surface area contributed by atoms with Gasteiger partial charge in [-0.3, -0.25) is 4.79 Å². The van der Waals surface area contributed by atoms with E-state index in [0.29, 0.717) is 17.8 Å². The first-order chi connectivity index (χ1) is 24.4. The SMILES string of the molecule is Cc1ccc(N)cc1.Cc1ccc(Nc2nc(Nc3ccc(C)cc3)nc(Nc3ccc(C)cc3)n2)cc1.Clc1nc(Cl)nc(Cl)n1.O=CO[O-].[H-].[K+].[K+]. The second-order valence-electron chi connectivity index (χ2n) is 10.5. The summed E-state index contributed by atoms with van der Waals surface area (Å²) in [5.74, 6) is 1.37. The van der Waals surface area contributed by atoms with Crippen LogP contribution >= 0.6 is 34.8 Å². The second kappa shape index (κ2) is 26.5. The van der Waals surface area contributed by atoms with Crippen LogP contribution in [0, 0.1) is 27.7 Å². The Balaban J connectivity index is 0.000000959. The molecule has 0 saturated heterocycles. The van der Waals surface area contributed by atoms with Crippen LogP contribution in [0.1, 0.15) is 23.7 Å². The van der Waals surface area contributed by atoms with Crippen LogP contribution < -0.4 is 130 Å². The molecule has 0 atom stereocenters. The molecule has 266 valence electrons. The fourth-order valence-corrected chi connectivity index (χ4v) is 4.32. The normalized spacial score (nSPS) is 9.36. The quantitative estimate of drug-likeness (QED) is 0.0602. The van der Waals surface area contributed by atoms with Crippen LogP contribution in [0.2, 0.25) is 15.9 Å². The Morgan fingerprint density at radius 1 is 0.528 bits per heavy atom. The van der Waals surface area contributed by atoms with E-state index < -0.39 is 0 Å². The molecular formula is C35H35Cl3K2N10O3. The zero-order chi connectivity index (χ0) is 37.2. The van der Waals surface area contributed by atoms with Crippen molar-refractivity contribution in [3.8, 4) is 0 Å². The van der Waals surface area contributed by atoms with Gasteiger partial charge in [0.2, 0.25) is 33.7 Å². The summed E-state index contributed by atoms with van der Waals surface area (Å²) in [6.45, 7) is 8.03. The molecule has 53 heavy (non-hydrogen) atoms. The fraction of sp³-hybridized carbons (Fsp3) is 0.114. The number of aromatic nitrogens is 6. The van der Waals surface area contributed by atoms with E-state index >= 15 is 0 Å². The molecule has 4 aromatic carbocycles. The minimum absolute atomic E-state index is 0. The summed E-state index contributed by atoms with van der Waals surface area (Å²) < 4.78 is 0. The van der Waals surface area contributed by atoms with Crippen LogP contribution in [0.25, 0.3) is 0 Å². The van der Waals surface area contributed by atoms with Gasteiger partial charge in [-0.1, -0.05) is 70.8 Å². The predicted octanol–water partition coefficient (Wildman–Crippen LogP) is 1.99. The average molecular weight is 828 g/mol. The first-order valence-electron chi connectivity index (χ1n) is 15.0. The zero-order valence-corrected chi connectivity index (χ0v) is 38.4. The molecule has 2 aromatic heterocycles. The summed E-state index contributed by atoms with van der Waals surface area (Å²) in [6.07, 6.45) is 0. The van der Waals surface area contributed by atoms with Gasteiger partial charge in [-0.15, -0.1) is 0 Å². The second-order valence-corrected chi connectivity index (χ2v) is 11.5. The molecule has 6 aromatic rings. The molecule has 18 heteroatoms. The Hall–Kier alpha value is -2.33. The standard InChI is InChI=1S/C24H24N6.C7H9N.C3Cl3N3.CH2O3.2K.H/c1-16-4-10-19(11-5-16)25-22-28-23(26-20-12-6-17(2)7-13-20)30-24(29-22)27-21-14-8-18(3)9-15-21;1-6-2-4-7(8)5-3-6;4-1-7-2(5)9-3(6)8-1;2-1-4-3;;;/h4-15H,1-3H3,(H3,25,26,27,28,29,30);2-5H,8H2,1H3;;1,3H;;;/q;;;;2*+1;-1/p-1. The van der Waals surface area contributed by atoms with Gasteiger partial charge in [0.1, 0.15) is 0 Å². The number of nitrogen functional groups attached to an aromatic ring is 1. The molecule has 0 radical (unpaired) electrons. The van der Waals surface area contributed by atoms with Crippen LogP contribution in [0.3, 0.4) is 0 Å². The molecule has 13 nitrogen and oxygen atoms in total.